The minimum Gasteiger partial charge on any atom is -0.353 e. The molecule has 0 atom stereocenters. The van der Waals surface area contributed by atoms with Gasteiger partial charge in [0.05, 0.1) is 0 Å². The van der Waals surface area contributed by atoms with Gasteiger partial charge in [0.15, 0.2) is 5.65 Å². The third-order valence-corrected chi connectivity index (χ3v) is 3.77. The molecule has 6 heteroatoms. The average molecular weight is 321 g/mol. The molecular weight excluding hydrogens is 307 g/mol. The number of pyridine rings is 1. The summed E-state index contributed by atoms with van der Waals surface area (Å²) in [5.74, 6) is 0.616. The van der Waals surface area contributed by atoms with Crippen molar-refractivity contribution in [3.05, 3.63) is 57.7 Å². The molecule has 108 valence electrons. The zero-order valence-corrected chi connectivity index (χ0v) is 13.0. The van der Waals surface area contributed by atoms with E-state index < -0.39 is 0 Å². The maximum atomic E-state index is 6.15. The number of benzene rings is 1. The second-order valence-corrected chi connectivity index (χ2v) is 5.70. The molecule has 0 saturated heterocycles. The molecule has 0 bridgehead atoms. The maximum absolute atomic E-state index is 6.15. The van der Waals surface area contributed by atoms with Gasteiger partial charge in [0, 0.05) is 22.8 Å². The number of hydrogen-bond acceptors (Lipinski definition) is 3. The fraction of sp³-hybridized carbons (Fsp3) is 0.200. The summed E-state index contributed by atoms with van der Waals surface area (Å²) in [7, 11) is 0. The molecule has 2 heterocycles. The predicted octanol–water partition coefficient (Wildman–Crippen LogP) is 4.00. The normalized spacial score (nSPS) is 11.0. The summed E-state index contributed by atoms with van der Waals surface area (Å²) in [5, 5.41) is 8.90. The summed E-state index contributed by atoms with van der Waals surface area (Å²) in [6.45, 7) is 2.74. The van der Waals surface area contributed by atoms with Crippen LogP contribution in [0.15, 0.2) is 36.5 Å². The van der Waals surface area contributed by atoms with Crippen molar-refractivity contribution in [3.8, 4) is 0 Å². The summed E-state index contributed by atoms with van der Waals surface area (Å²) in [4.78, 5) is 4.43. The lowest BCUT2D eigenvalue weighted by Gasteiger charge is -2.05. The van der Waals surface area contributed by atoms with Crippen LogP contribution in [0.25, 0.3) is 5.65 Å². The van der Waals surface area contributed by atoms with Crippen LogP contribution in [-0.2, 0) is 6.42 Å². The fourth-order valence-electron chi connectivity index (χ4n) is 2.09. The first kappa shape index (κ1) is 14.2. The Morgan fingerprint density at radius 1 is 1.19 bits per heavy atom. The van der Waals surface area contributed by atoms with E-state index in [1.54, 1.807) is 10.6 Å². The Labute approximate surface area is 132 Å². The van der Waals surface area contributed by atoms with E-state index in [0.29, 0.717) is 22.5 Å². The van der Waals surface area contributed by atoms with Crippen molar-refractivity contribution >= 4 is 34.8 Å². The molecule has 21 heavy (non-hydrogen) atoms. The van der Waals surface area contributed by atoms with Crippen LogP contribution in [0.3, 0.4) is 0 Å². The number of aryl methyl sites for hydroxylation is 1. The second-order valence-electron chi connectivity index (χ2n) is 4.85. The highest BCUT2D eigenvalue weighted by atomic mass is 35.5. The molecule has 0 aliphatic heterocycles. The Morgan fingerprint density at radius 2 is 2.05 bits per heavy atom. The number of hydrogen-bond donors (Lipinski definition) is 1. The molecule has 0 radical (unpaired) electrons. The van der Waals surface area contributed by atoms with Gasteiger partial charge in [0.25, 0.3) is 0 Å². The number of rotatable bonds is 4. The zero-order chi connectivity index (χ0) is 14.8. The van der Waals surface area contributed by atoms with Gasteiger partial charge < -0.3 is 5.32 Å². The van der Waals surface area contributed by atoms with Gasteiger partial charge in [-0.05, 0) is 48.7 Å². The van der Waals surface area contributed by atoms with E-state index in [0.717, 1.165) is 23.2 Å². The Bertz CT molecular complexity index is 782. The van der Waals surface area contributed by atoms with Crippen molar-refractivity contribution in [1.82, 2.24) is 14.6 Å². The van der Waals surface area contributed by atoms with E-state index in [2.05, 4.69) is 15.4 Å². The number of aromatic nitrogens is 3. The van der Waals surface area contributed by atoms with Crippen LogP contribution in [0.4, 0.5) is 5.95 Å². The number of anilines is 1. The third kappa shape index (κ3) is 3.28. The number of nitrogens with zero attached hydrogens (tertiary/aromatic N) is 3. The molecule has 0 aliphatic carbocycles. The molecule has 1 N–H and O–H groups in total. The van der Waals surface area contributed by atoms with Gasteiger partial charge in [-0.25, -0.2) is 4.52 Å². The highest BCUT2D eigenvalue weighted by Gasteiger charge is 2.04. The van der Waals surface area contributed by atoms with Crippen molar-refractivity contribution in [3.63, 3.8) is 0 Å². The smallest absolute Gasteiger partial charge is 0.243 e. The van der Waals surface area contributed by atoms with Crippen molar-refractivity contribution in [2.45, 2.75) is 13.3 Å². The Morgan fingerprint density at radius 3 is 2.86 bits per heavy atom. The van der Waals surface area contributed by atoms with E-state index in [-0.39, 0.29) is 0 Å². The molecule has 0 saturated carbocycles. The highest BCUT2D eigenvalue weighted by molar-refractivity contribution is 6.35. The van der Waals surface area contributed by atoms with Crippen LogP contribution >= 0.6 is 23.2 Å². The minimum atomic E-state index is 0.616. The summed E-state index contributed by atoms with van der Waals surface area (Å²) < 4.78 is 1.75. The molecule has 0 fully saturated rings. The van der Waals surface area contributed by atoms with E-state index >= 15 is 0 Å². The monoisotopic (exact) mass is 320 g/mol. The molecule has 4 nitrogen and oxygen atoms in total. The summed E-state index contributed by atoms with van der Waals surface area (Å²) >= 11 is 12.0. The topological polar surface area (TPSA) is 42.2 Å². The second kappa shape index (κ2) is 5.92. The molecule has 3 aromatic rings. The van der Waals surface area contributed by atoms with E-state index in [9.17, 15) is 0 Å². The summed E-state index contributed by atoms with van der Waals surface area (Å²) in [5.41, 5.74) is 3.05. The van der Waals surface area contributed by atoms with Gasteiger partial charge in [0.2, 0.25) is 5.95 Å². The van der Waals surface area contributed by atoms with Crippen molar-refractivity contribution in [2.24, 2.45) is 0 Å². The van der Waals surface area contributed by atoms with Gasteiger partial charge in [-0.1, -0.05) is 29.3 Å². The standard InChI is InChI=1S/C15H14Cl2N4/c1-10-5-7-21-14(8-10)19-15(20-21)18-6-4-11-2-3-12(16)9-13(11)17/h2-3,5,7-9H,4,6H2,1H3,(H,18,20). The van der Waals surface area contributed by atoms with Crippen LogP contribution in [0.5, 0.6) is 0 Å². The average Bonchev–Trinajstić information content (AvgIpc) is 2.83. The van der Waals surface area contributed by atoms with Crippen LogP contribution in [-0.4, -0.2) is 21.1 Å². The minimum absolute atomic E-state index is 0.616. The molecule has 0 amide bonds. The molecular formula is C15H14Cl2N4. The Kier molecular flexibility index (Phi) is 3.99. The van der Waals surface area contributed by atoms with Crippen LogP contribution < -0.4 is 5.32 Å². The molecule has 0 aliphatic rings. The molecule has 1 aromatic carbocycles. The van der Waals surface area contributed by atoms with Gasteiger partial charge in [-0.2, -0.15) is 4.98 Å². The summed E-state index contributed by atoms with van der Waals surface area (Å²) in [6, 6.07) is 9.53. The van der Waals surface area contributed by atoms with E-state index in [4.69, 9.17) is 23.2 Å². The zero-order valence-electron chi connectivity index (χ0n) is 11.5. The van der Waals surface area contributed by atoms with Gasteiger partial charge in [-0.3, -0.25) is 0 Å². The third-order valence-electron chi connectivity index (χ3n) is 3.19. The predicted molar refractivity (Wildman–Crippen MR) is 86.4 cm³/mol. The van der Waals surface area contributed by atoms with E-state index in [1.165, 1.54) is 0 Å². The van der Waals surface area contributed by atoms with Gasteiger partial charge in [-0.15, -0.1) is 5.10 Å². The Balaban J connectivity index is 1.66. The van der Waals surface area contributed by atoms with E-state index in [1.807, 2.05) is 37.4 Å². The molecule has 3 rings (SSSR count). The lowest BCUT2D eigenvalue weighted by molar-refractivity contribution is 0.935. The lowest BCUT2D eigenvalue weighted by atomic mass is 10.1. The first-order valence-corrected chi connectivity index (χ1v) is 7.38. The fourth-order valence-corrected chi connectivity index (χ4v) is 2.59. The Hall–Kier alpha value is -1.78. The van der Waals surface area contributed by atoms with Crippen molar-refractivity contribution < 1.29 is 0 Å². The first-order chi connectivity index (χ1) is 10.1. The highest BCUT2D eigenvalue weighted by Crippen LogP contribution is 2.21. The number of halogens is 2. The van der Waals surface area contributed by atoms with Gasteiger partial charge >= 0.3 is 0 Å². The molecule has 0 unspecified atom stereocenters. The van der Waals surface area contributed by atoms with Crippen molar-refractivity contribution in [1.29, 1.82) is 0 Å². The molecule has 0 spiro atoms. The summed E-state index contributed by atoms with van der Waals surface area (Å²) in [6.07, 6.45) is 2.68. The maximum Gasteiger partial charge on any atom is 0.243 e. The number of nitrogens with one attached hydrogen (secondary N) is 1. The lowest BCUT2D eigenvalue weighted by Crippen LogP contribution is -2.06. The van der Waals surface area contributed by atoms with Gasteiger partial charge in [0.1, 0.15) is 0 Å². The largest absolute Gasteiger partial charge is 0.353 e. The molecule has 2 aromatic heterocycles. The van der Waals surface area contributed by atoms with Crippen molar-refractivity contribution in [2.75, 3.05) is 11.9 Å². The van der Waals surface area contributed by atoms with Crippen LogP contribution in [0.1, 0.15) is 11.1 Å². The van der Waals surface area contributed by atoms with Crippen LogP contribution in [0.2, 0.25) is 10.0 Å². The SMILES string of the molecule is Cc1ccn2nc(NCCc3ccc(Cl)cc3Cl)nc2c1. The number of fused-ring (bicyclic) bond motifs is 1. The first-order valence-electron chi connectivity index (χ1n) is 6.63. The van der Waals surface area contributed by atoms with Crippen LogP contribution in [0, 0.1) is 6.92 Å². The quantitative estimate of drug-likeness (QED) is 0.790.